The molecule has 0 fully saturated rings. The van der Waals surface area contributed by atoms with E-state index in [2.05, 4.69) is 44.7 Å². The third-order valence-corrected chi connectivity index (χ3v) is 3.73. The van der Waals surface area contributed by atoms with Gasteiger partial charge in [-0.05, 0) is 17.9 Å². The molecule has 0 aliphatic carbocycles. The second-order valence-electron chi connectivity index (χ2n) is 6.25. The Morgan fingerprint density at radius 3 is 2.35 bits per heavy atom. The van der Waals surface area contributed by atoms with Gasteiger partial charge in [-0.2, -0.15) is 0 Å². The minimum absolute atomic E-state index is 0.00966. The SMILES string of the molecule is [C-]#[N+]c1cccc2c1oc1c(C(C)(C)C)c(C)ccc12. The number of nitrogens with zero attached hydrogens (tertiary/aromatic N) is 1. The van der Waals surface area contributed by atoms with Crippen LogP contribution in [0.1, 0.15) is 31.9 Å². The quantitative estimate of drug-likeness (QED) is 0.472. The molecule has 0 aliphatic heterocycles. The highest BCUT2D eigenvalue weighted by Crippen LogP contribution is 2.40. The molecule has 0 radical (unpaired) electrons. The van der Waals surface area contributed by atoms with E-state index >= 15 is 0 Å². The maximum atomic E-state index is 7.28. The topological polar surface area (TPSA) is 17.5 Å². The molecule has 1 heterocycles. The molecular weight excluding hydrogens is 246 g/mol. The van der Waals surface area contributed by atoms with Gasteiger partial charge in [-0.25, -0.2) is 4.85 Å². The van der Waals surface area contributed by atoms with Gasteiger partial charge in [-0.1, -0.05) is 51.1 Å². The molecule has 1 aromatic heterocycles. The summed E-state index contributed by atoms with van der Waals surface area (Å²) in [4.78, 5) is 3.56. The maximum absolute atomic E-state index is 7.28. The summed E-state index contributed by atoms with van der Waals surface area (Å²) in [6.45, 7) is 16.0. The fourth-order valence-corrected chi connectivity index (χ4v) is 2.97. The monoisotopic (exact) mass is 263 g/mol. The zero-order valence-corrected chi connectivity index (χ0v) is 12.2. The lowest BCUT2D eigenvalue weighted by molar-refractivity contribution is 0.569. The first-order valence-corrected chi connectivity index (χ1v) is 6.76. The Balaban J connectivity index is 2.55. The van der Waals surface area contributed by atoms with Gasteiger partial charge in [-0.3, -0.25) is 0 Å². The van der Waals surface area contributed by atoms with E-state index in [0.717, 1.165) is 16.4 Å². The molecule has 20 heavy (non-hydrogen) atoms. The first kappa shape index (κ1) is 12.7. The van der Waals surface area contributed by atoms with Gasteiger partial charge in [0.05, 0.1) is 6.57 Å². The van der Waals surface area contributed by atoms with Crippen molar-refractivity contribution >= 4 is 27.6 Å². The molecule has 100 valence electrons. The molecule has 2 nitrogen and oxygen atoms in total. The van der Waals surface area contributed by atoms with E-state index in [9.17, 15) is 0 Å². The Morgan fingerprint density at radius 2 is 1.70 bits per heavy atom. The van der Waals surface area contributed by atoms with Crippen molar-refractivity contribution in [3.8, 4) is 0 Å². The third-order valence-electron chi connectivity index (χ3n) is 3.73. The number of hydrogen-bond donors (Lipinski definition) is 0. The standard InChI is InChI=1S/C18H17NO/c1-11-9-10-13-12-7-6-8-14(19-5)16(12)20-17(13)15(11)18(2,3)4/h6-10H,1-4H3. The fraction of sp³-hybridized carbons (Fsp3) is 0.278. The van der Waals surface area contributed by atoms with Crippen LogP contribution in [-0.4, -0.2) is 0 Å². The van der Waals surface area contributed by atoms with Gasteiger partial charge in [0.15, 0.2) is 0 Å². The predicted octanol–water partition coefficient (Wildman–Crippen LogP) is 5.74. The van der Waals surface area contributed by atoms with Gasteiger partial charge in [0.2, 0.25) is 5.69 Å². The van der Waals surface area contributed by atoms with Crippen LogP contribution in [0.3, 0.4) is 0 Å². The Labute approximate surface area is 118 Å². The van der Waals surface area contributed by atoms with Crippen molar-refractivity contribution in [1.29, 1.82) is 0 Å². The number of furan rings is 1. The van der Waals surface area contributed by atoms with Crippen molar-refractivity contribution in [3.05, 3.63) is 52.9 Å². The van der Waals surface area contributed by atoms with Crippen LogP contribution in [0, 0.1) is 13.5 Å². The molecule has 0 spiro atoms. The highest BCUT2D eigenvalue weighted by Gasteiger charge is 2.23. The molecule has 2 aromatic carbocycles. The molecule has 0 unspecified atom stereocenters. The number of para-hydroxylation sites is 1. The average molecular weight is 263 g/mol. The molecule has 0 N–H and O–H groups in total. The molecule has 0 atom stereocenters. The summed E-state index contributed by atoms with van der Waals surface area (Å²) >= 11 is 0. The van der Waals surface area contributed by atoms with Crippen LogP contribution < -0.4 is 0 Å². The zero-order valence-electron chi connectivity index (χ0n) is 12.2. The van der Waals surface area contributed by atoms with Crippen molar-refractivity contribution < 1.29 is 4.42 Å². The number of rotatable bonds is 0. The maximum Gasteiger partial charge on any atom is 0.229 e. The minimum atomic E-state index is 0.00966. The van der Waals surface area contributed by atoms with Crippen molar-refractivity contribution in [1.82, 2.24) is 0 Å². The van der Waals surface area contributed by atoms with Crippen molar-refractivity contribution in [2.45, 2.75) is 33.1 Å². The van der Waals surface area contributed by atoms with Gasteiger partial charge in [0.1, 0.15) is 11.2 Å². The summed E-state index contributed by atoms with van der Waals surface area (Å²) < 4.78 is 6.10. The average Bonchev–Trinajstić information content (AvgIpc) is 2.74. The summed E-state index contributed by atoms with van der Waals surface area (Å²) in [6.07, 6.45) is 0. The van der Waals surface area contributed by atoms with E-state index in [1.54, 1.807) is 6.07 Å². The van der Waals surface area contributed by atoms with Gasteiger partial charge < -0.3 is 4.42 Å². The first-order valence-electron chi connectivity index (χ1n) is 6.76. The Hall–Kier alpha value is -2.27. The summed E-state index contributed by atoms with van der Waals surface area (Å²) in [5.74, 6) is 0. The number of fused-ring (bicyclic) bond motifs is 3. The molecule has 3 aromatic rings. The summed E-state index contributed by atoms with van der Waals surface area (Å²) in [6, 6.07) is 9.99. The van der Waals surface area contributed by atoms with E-state index in [-0.39, 0.29) is 5.41 Å². The second-order valence-corrected chi connectivity index (χ2v) is 6.25. The normalized spacial score (nSPS) is 11.9. The van der Waals surface area contributed by atoms with Gasteiger partial charge in [0.25, 0.3) is 0 Å². The summed E-state index contributed by atoms with van der Waals surface area (Å²) in [5, 5.41) is 2.13. The molecular formula is C18H17NO. The van der Waals surface area contributed by atoms with Crippen molar-refractivity contribution in [3.63, 3.8) is 0 Å². The number of hydrogen-bond acceptors (Lipinski definition) is 1. The number of aryl methyl sites for hydroxylation is 1. The first-order chi connectivity index (χ1) is 9.43. The van der Waals surface area contributed by atoms with Crippen LogP contribution >= 0.6 is 0 Å². The largest absolute Gasteiger partial charge is 0.467 e. The highest BCUT2D eigenvalue weighted by molar-refractivity contribution is 6.10. The van der Waals surface area contributed by atoms with Crippen molar-refractivity contribution in [2.75, 3.05) is 0 Å². The Bertz CT molecular complexity index is 857. The van der Waals surface area contributed by atoms with Crippen LogP contribution in [0.5, 0.6) is 0 Å². The summed E-state index contributed by atoms with van der Waals surface area (Å²) in [7, 11) is 0. The molecule has 0 aliphatic rings. The Morgan fingerprint density at radius 1 is 1.00 bits per heavy atom. The molecule has 0 saturated heterocycles. The van der Waals surface area contributed by atoms with Gasteiger partial charge in [-0.15, -0.1) is 0 Å². The fourth-order valence-electron chi connectivity index (χ4n) is 2.97. The van der Waals surface area contributed by atoms with E-state index in [4.69, 9.17) is 11.0 Å². The van der Waals surface area contributed by atoms with E-state index in [1.807, 2.05) is 12.1 Å². The predicted molar refractivity (Wildman–Crippen MR) is 83.4 cm³/mol. The molecule has 0 amide bonds. The van der Waals surface area contributed by atoms with Crippen molar-refractivity contribution in [2.24, 2.45) is 0 Å². The molecule has 0 bridgehead atoms. The van der Waals surface area contributed by atoms with Gasteiger partial charge >= 0.3 is 0 Å². The smallest absolute Gasteiger partial charge is 0.229 e. The third kappa shape index (κ3) is 1.71. The number of benzene rings is 2. The second kappa shape index (κ2) is 4.11. The highest BCUT2D eigenvalue weighted by atomic mass is 16.3. The lowest BCUT2D eigenvalue weighted by Crippen LogP contribution is -2.13. The molecule has 3 rings (SSSR count). The summed E-state index contributed by atoms with van der Waals surface area (Å²) in [5.41, 5.74) is 4.67. The molecule has 0 saturated carbocycles. The van der Waals surface area contributed by atoms with Crippen LogP contribution in [-0.2, 0) is 5.41 Å². The zero-order chi connectivity index (χ0) is 14.5. The van der Waals surface area contributed by atoms with E-state index in [1.165, 1.54) is 11.1 Å². The van der Waals surface area contributed by atoms with Gasteiger partial charge in [0, 0.05) is 16.3 Å². The molecule has 2 heteroatoms. The lowest BCUT2D eigenvalue weighted by atomic mass is 9.83. The van der Waals surface area contributed by atoms with E-state index < -0.39 is 0 Å². The van der Waals surface area contributed by atoms with Crippen LogP contribution in [0.25, 0.3) is 26.8 Å². The lowest BCUT2D eigenvalue weighted by Gasteiger charge is -2.21. The van der Waals surface area contributed by atoms with Crippen LogP contribution in [0.15, 0.2) is 34.7 Å². The van der Waals surface area contributed by atoms with Crippen LogP contribution in [0.4, 0.5) is 5.69 Å². The van der Waals surface area contributed by atoms with Crippen LogP contribution in [0.2, 0.25) is 0 Å². The minimum Gasteiger partial charge on any atom is -0.467 e. The van der Waals surface area contributed by atoms with E-state index in [0.29, 0.717) is 11.3 Å². The Kier molecular flexibility index (Phi) is 2.62.